The zero-order valence-corrected chi connectivity index (χ0v) is 14.1. The van der Waals surface area contributed by atoms with Crippen molar-refractivity contribution in [3.05, 3.63) is 35.4 Å². The molecule has 1 saturated heterocycles. The number of hydrogen-bond acceptors (Lipinski definition) is 3. The molecule has 2 atom stereocenters. The van der Waals surface area contributed by atoms with Crippen LogP contribution in [0.4, 0.5) is 0 Å². The van der Waals surface area contributed by atoms with Crippen molar-refractivity contribution in [1.29, 1.82) is 0 Å². The van der Waals surface area contributed by atoms with Crippen LogP contribution in [0.15, 0.2) is 24.3 Å². The first-order valence-electron chi connectivity index (χ1n) is 8.16. The molecule has 2 unspecified atom stereocenters. The zero-order valence-electron chi connectivity index (χ0n) is 14.1. The molecular weight excluding hydrogens is 276 g/mol. The summed E-state index contributed by atoms with van der Waals surface area (Å²) in [6.07, 6.45) is 0. The van der Waals surface area contributed by atoms with E-state index in [2.05, 4.69) is 30.6 Å². The molecule has 2 rings (SSSR count). The Labute approximate surface area is 133 Å². The summed E-state index contributed by atoms with van der Waals surface area (Å²) in [6.45, 7) is 12.3. The lowest BCUT2D eigenvalue weighted by Gasteiger charge is -2.42. The average molecular weight is 304 g/mol. The number of carboxylic acid groups (broad SMARTS) is 1. The Morgan fingerprint density at radius 2 is 1.91 bits per heavy atom. The van der Waals surface area contributed by atoms with E-state index in [0.717, 1.165) is 37.3 Å². The van der Waals surface area contributed by atoms with Crippen molar-refractivity contribution in [3.8, 4) is 0 Å². The van der Waals surface area contributed by atoms with Crippen LogP contribution in [0, 0.1) is 12.8 Å². The molecule has 1 aromatic carbocycles. The van der Waals surface area contributed by atoms with Gasteiger partial charge in [-0.1, -0.05) is 43.7 Å². The Balaban J connectivity index is 2.11. The van der Waals surface area contributed by atoms with Crippen molar-refractivity contribution in [3.63, 3.8) is 0 Å². The number of rotatable bonds is 5. The second kappa shape index (κ2) is 7.25. The van der Waals surface area contributed by atoms with Gasteiger partial charge in [0.2, 0.25) is 0 Å². The van der Waals surface area contributed by atoms with Gasteiger partial charge in [0.1, 0.15) is 6.04 Å². The van der Waals surface area contributed by atoms with E-state index in [1.807, 2.05) is 31.2 Å². The predicted molar refractivity (Wildman–Crippen MR) is 89.0 cm³/mol. The third kappa shape index (κ3) is 4.08. The highest BCUT2D eigenvalue weighted by Crippen LogP contribution is 2.25. The summed E-state index contributed by atoms with van der Waals surface area (Å²) in [5.41, 5.74) is 2.03. The predicted octanol–water partition coefficient (Wildman–Crippen LogP) is 2.78. The number of aryl methyl sites for hydroxylation is 1. The van der Waals surface area contributed by atoms with Gasteiger partial charge in [0.15, 0.2) is 0 Å². The van der Waals surface area contributed by atoms with E-state index in [1.54, 1.807) is 0 Å². The average Bonchev–Trinajstić information content (AvgIpc) is 2.43. The lowest BCUT2D eigenvalue weighted by Crippen LogP contribution is -2.54. The molecule has 0 spiro atoms. The van der Waals surface area contributed by atoms with Gasteiger partial charge in [-0.2, -0.15) is 0 Å². The van der Waals surface area contributed by atoms with Gasteiger partial charge in [0.25, 0.3) is 0 Å². The molecule has 4 heteroatoms. The summed E-state index contributed by atoms with van der Waals surface area (Å²) in [7, 11) is 0. The maximum atomic E-state index is 11.8. The molecule has 0 saturated carbocycles. The molecule has 0 aromatic heterocycles. The molecule has 0 aliphatic carbocycles. The topological polar surface area (TPSA) is 43.8 Å². The molecular formula is C18H28N2O2. The van der Waals surface area contributed by atoms with Crippen molar-refractivity contribution in [2.75, 3.05) is 26.2 Å². The number of carboxylic acids is 1. The van der Waals surface area contributed by atoms with E-state index < -0.39 is 12.0 Å². The van der Waals surface area contributed by atoms with Crippen LogP contribution in [0.2, 0.25) is 0 Å². The zero-order chi connectivity index (χ0) is 16.3. The van der Waals surface area contributed by atoms with Crippen LogP contribution >= 0.6 is 0 Å². The van der Waals surface area contributed by atoms with Gasteiger partial charge >= 0.3 is 5.97 Å². The number of nitrogens with zero attached hydrogens (tertiary/aromatic N) is 2. The van der Waals surface area contributed by atoms with Crippen molar-refractivity contribution in [2.45, 2.75) is 39.8 Å². The van der Waals surface area contributed by atoms with Crippen molar-refractivity contribution in [1.82, 2.24) is 9.80 Å². The number of benzene rings is 1. The molecule has 1 aliphatic heterocycles. The molecule has 1 N–H and O–H groups in total. The fraction of sp³-hybridized carbons (Fsp3) is 0.611. The molecule has 0 bridgehead atoms. The number of carbonyl (C=O) groups is 1. The summed E-state index contributed by atoms with van der Waals surface area (Å²) < 4.78 is 0. The lowest BCUT2D eigenvalue weighted by atomic mass is 10.0. The molecule has 0 radical (unpaired) electrons. The number of piperazine rings is 1. The lowest BCUT2D eigenvalue weighted by molar-refractivity contribution is -0.145. The smallest absolute Gasteiger partial charge is 0.325 e. The van der Waals surface area contributed by atoms with E-state index >= 15 is 0 Å². The maximum absolute atomic E-state index is 11.8. The Bertz CT molecular complexity index is 498. The first-order valence-corrected chi connectivity index (χ1v) is 8.16. The highest BCUT2D eigenvalue weighted by molar-refractivity contribution is 5.75. The standard InChI is InChI=1S/C18H28N2O2/c1-13(2)11-19-9-10-20(12-15(19)4)17(18(21)22)16-7-5-14(3)6-8-16/h5-8,13,15,17H,9-12H2,1-4H3,(H,21,22). The summed E-state index contributed by atoms with van der Waals surface area (Å²) in [4.78, 5) is 16.4. The van der Waals surface area contributed by atoms with E-state index in [0.29, 0.717) is 12.0 Å². The highest BCUT2D eigenvalue weighted by Gasteiger charge is 2.33. The minimum atomic E-state index is -0.756. The highest BCUT2D eigenvalue weighted by atomic mass is 16.4. The van der Waals surface area contributed by atoms with Gasteiger partial charge in [-0.05, 0) is 25.3 Å². The molecule has 1 aliphatic rings. The Hall–Kier alpha value is -1.39. The van der Waals surface area contributed by atoms with Crippen LogP contribution in [-0.4, -0.2) is 53.1 Å². The molecule has 0 amide bonds. The monoisotopic (exact) mass is 304 g/mol. The number of hydrogen-bond donors (Lipinski definition) is 1. The minimum absolute atomic E-state index is 0.392. The van der Waals surface area contributed by atoms with Gasteiger partial charge in [-0.15, -0.1) is 0 Å². The Morgan fingerprint density at radius 3 is 2.41 bits per heavy atom. The molecule has 1 heterocycles. The van der Waals surface area contributed by atoms with Crippen LogP contribution < -0.4 is 0 Å². The second-order valence-electron chi connectivity index (χ2n) is 6.88. The van der Waals surface area contributed by atoms with Crippen LogP contribution in [-0.2, 0) is 4.79 Å². The number of aliphatic carboxylic acids is 1. The molecule has 1 aromatic rings. The molecule has 1 fully saturated rings. The van der Waals surface area contributed by atoms with E-state index in [-0.39, 0.29) is 0 Å². The van der Waals surface area contributed by atoms with Gasteiger partial charge in [-0.25, -0.2) is 0 Å². The summed E-state index contributed by atoms with van der Waals surface area (Å²) in [6, 6.07) is 7.72. The fourth-order valence-corrected chi connectivity index (χ4v) is 3.26. The first kappa shape index (κ1) is 17.0. The third-order valence-electron chi connectivity index (χ3n) is 4.39. The van der Waals surface area contributed by atoms with Crippen LogP contribution in [0.1, 0.15) is 37.9 Å². The third-order valence-corrected chi connectivity index (χ3v) is 4.39. The van der Waals surface area contributed by atoms with Gasteiger partial charge < -0.3 is 5.11 Å². The Kier molecular flexibility index (Phi) is 5.59. The van der Waals surface area contributed by atoms with Crippen molar-refractivity contribution < 1.29 is 9.90 Å². The fourth-order valence-electron chi connectivity index (χ4n) is 3.26. The van der Waals surface area contributed by atoms with Gasteiger partial charge in [0.05, 0.1) is 0 Å². The second-order valence-corrected chi connectivity index (χ2v) is 6.88. The minimum Gasteiger partial charge on any atom is -0.480 e. The summed E-state index contributed by atoms with van der Waals surface area (Å²) >= 11 is 0. The summed E-state index contributed by atoms with van der Waals surface area (Å²) in [5.74, 6) is -0.116. The maximum Gasteiger partial charge on any atom is 0.325 e. The Morgan fingerprint density at radius 1 is 1.27 bits per heavy atom. The van der Waals surface area contributed by atoms with Crippen molar-refractivity contribution in [2.24, 2.45) is 5.92 Å². The van der Waals surface area contributed by atoms with Crippen molar-refractivity contribution >= 4 is 5.97 Å². The normalized spacial score (nSPS) is 22.0. The van der Waals surface area contributed by atoms with Crippen LogP contribution in [0.5, 0.6) is 0 Å². The largest absolute Gasteiger partial charge is 0.480 e. The van der Waals surface area contributed by atoms with Gasteiger partial charge in [0, 0.05) is 32.2 Å². The van der Waals surface area contributed by atoms with Crippen LogP contribution in [0.3, 0.4) is 0 Å². The first-order chi connectivity index (χ1) is 10.4. The van der Waals surface area contributed by atoms with Gasteiger partial charge in [-0.3, -0.25) is 14.6 Å². The SMILES string of the molecule is Cc1ccc(C(C(=O)O)N2CCN(CC(C)C)C(C)C2)cc1. The molecule has 4 nitrogen and oxygen atoms in total. The van der Waals surface area contributed by atoms with E-state index in [1.165, 1.54) is 0 Å². The quantitative estimate of drug-likeness (QED) is 0.908. The van der Waals surface area contributed by atoms with Crippen LogP contribution in [0.25, 0.3) is 0 Å². The van der Waals surface area contributed by atoms with E-state index in [4.69, 9.17) is 0 Å². The molecule has 122 valence electrons. The molecule has 22 heavy (non-hydrogen) atoms. The summed E-state index contributed by atoms with van der Waals surface area (Å²) in [5, 5.41) is 9.69. The van der Waals surface area contributed by atoms with E-state index in [9.17, 15) is 9.90 Å².